The molecule has 3 nitrogen and oxygen atoms in total. The Morgan fingerprint density at radius 1 is 0.897 bits per heavy atom. The Balaban J connectivity index is 1.29. The highest BCUT2D eigenvalue weighted by atomic mass is 19.4. The van der Waals surface area contributed by atoms with E-state index in [-0.39, 0.29) is 5.75 Å². The van der Waals surface area contributed by atoms with Gasteiger partial charge in [-0.05, 0) is 66.5 Å². The van der Waals surface area contributed by atoms with Crippen molar-refractivity contribution in [2.45, 2.75) is 37.5 Å². The molecule has 1 saturated carbocycles. The summed E-state index contributed by atoms with van der Waals surface area (Å²) < 4.78 is 38.1. The molecule has 1 heterocycles. The molecule has 6 heteroatoms. The van der Waals surface area contributed by atoms with Crippen molar-refractivity contribution in [2.75, 3.05) is 19.6 Å². The fourth-order valence-electron chi connectivity index (χ4n) is 5.03. The molecule has 1 aliphatic heterocycles. The maximum atomic E-state index is 12.7. The lowest BCUT2D eigenvalue weighted by Gasteiger charge is -2.26. The lowest BCUT2D eigenvalue weighted by Crippen LogP contribution is -2.32. The Labute approximate surface area is 168 Å². The van der Waals surface area contributed by atoms with Gasteiger partial charge < -0.3 is 15.1 Å². The number of phenolic OH excluding ortho intramolecular Hbond substituents is 1. The van der Waals surface area contributed by atoms with Crippen molar-refractivity contribution in [1.82, 2.24) is 4.90 Å². The molecule has 1 aliphatic carbocycles. The fraction of sp³-hybridized carbons (Fsp3) is 0.478. The molecule has 1 saturated heterocycles. The molecule has 29 heavy (non-hydrogen) atoms. The van der Waals surface area contributed by atoms with Crippen LogP contribution in [0.25, 0.3) is 0 Å². The van der Waals surface area contributed by atoms with Crippen LogP contribution >= 0.6 is 0 Å². The normalized spacial score (nSPS) is 27.3. The standard InChI is InChI=1S/C23H26F3NO2/c24-23(25,26)20-5-1-17(2-6-20)11-22(29)12-18-14-27(15-19(18)13-22)10-9-16-3-7-21(28)8-4-16/h1-8,18-19,28-29H,9-15H2/t18-,19+,22?. The van der Waals surface area contributed by atoms with Crippen LogP contribution in [0.2, 0.25) is 0 Å². The Kier molecular flexibility index (Phi) is 5.34. The van der Waals surface area contributed by atoms with Gasteiger partial charge >= 0.3 is 6.18 Å². The summed E-state index contributed by atoms with van der Waals surface area (Å²) in [7, 11) is 0. The first-order valence-electron chi connectivity index (χ1n) is 10.1. The zero-order valence-electron chi connectivity index (χ0n) is 16.2. The molecule has 156 valence electrons. The molecule has 0 spiro atoms. The van der Waals surface area contributed by atoms with Gasteiger partial charge in [-0.15, -0.1) is 0 Å². The number of aliphatic hydroxyl groups is 1. The van der Waals surface area contributed by atoms with Crippen LogP contribution in [-0.2, 0) is 19.0 Å². The SMILES string of the molecule is Oc1ccc(CCN2C[C@@H]3CC(O)(Cc4ccc(C(F)(F)F)cc4)C[C@@H]3C2)cc1. The van der Waals surface area contributed by atoms with Crippen LogP contribution < -0.4 is 0 Å². The first-order chi connectivity index (χ1) is 13.7. The molecular formula is C23H26F3NO2. The van der Waals surface area contributed by atoms with Gasteiger partial charge in [0, 0.05) is 26.1 Å². The number of rotatable bonds is 5. The molecule has 0 aromatic heterocycles. The second kappa shape index (κ2) is 7.65. The van der Waals surface area contributed by atoms with Crippen LogP contribution in [0.3, 0.4) is 0 Å². The van der Waals surface area contributed by atoms with Crippen molar-refractivity contribution in [3.8, 4) is 5.75 Å². The summed E-state index contributed by atoms with van der Waals surface area (Å²) in [6.07, 6.45) is -1.59. The number of aromatic hydroxyl groups is 1. The third-order valence-corrected chi connectivity index (χ3v) is 6.40. The van der Waals surface area contributed by atoms with Crippen molar-refractivity contribution in [3.05, 3.63) is 65.2 Å². The van der Waals surface area contributed by atoms with Crippen LogP contribution in [-0.4, -0.2) is 40.3 Å². The van der Waals surface area contributed by atoms with Crippen molar-refractivity contribution in [3.63, 3.8) is 0 Å². The molecule has 0 radical (unpaired) electrons. The van der Waals surface area contributed by atoms with Crippen molar-refractivity contribution in [1.29, 1.82) is 0 Å². The average Bonchev–Trinajstić information content (AvgIpc) is 3.15. The summed E-state index contributed by atoms with van der Waals surface area (Å²) in [5, 5.41) is 20.4. The Morgan fingerprint density at radius 2 is 1.45 bits per heavy atom. The lowest BCUT2D eigenvalue weighted by atomic mass is 9.91. The largest absolute Gasteiger partial charge is 0.508 e. The molecule has 2 aliphatic rings. The molecule has 2 fully saturated rings. The molecule has 0 bridgehead atoms. The van der Waals surface area contributed by atoms with Gasteiger partial charge in [0.05, 0.1) is 11.2 Å². The summed E-state index contributed by atoms with van der Waals surface area (Å²) in [5.74, 6) is 1.15. The Hall–Kier alpha value is -2.05. The van der Waals surface area contributed by atoms with Crippen LogP contribution in [0.4, 0.5) is 13.2 Å². The molecule has 2 aromatic carbocycles. The lowest BCUT2D eigenvalue weighted by molar-refractivity contribution is -0.137. The van der Waals surface area contributed by atoms with Gasteiger partial charge in [-0.25, -0.2) is 0 Å². The first-order valence-corrected chi connectivity index (χ1v) is 10.1. The van der Waals surface area contributed by atoms with Gasteiger partial charge in [0.25, 0.3) is 0 Å². The molecule has 3 atom stereocenters. The predicted octanol–water partition coefficient (Wildman–Crippen LogP) is 4.27. The number of phenols is 1. The quantitative estimate of drug-likeness (QED) is 0.781. The highest BCUT2D eigenvalue weighted by Crippen LogP contribution is 2.45. The van der Waals surface area contributed by atoms with Crippen LogP contribution in [0.1, 0.15) is 29.5 Å². The smallest absolute Gasteiger partial charge is 0.416 e. The third kappa shape index (κ3) is 4.75. The number of hydrogen-bond donors (Lipinski definition) is 2. The average molecular weight is 405 g/mol. The number of hydrogen-bond acceptors (Lipinski definition) is 3. The minimum atomic E-state index is -4.33. The van der Waals surface area contributed by atoms with Crippen LogP contribution in [0.15, 0.2) is 48.5 Å². The zero-order chi connectivity index (χ0) is 20.6. The predicted molar refractivity (Wildman–Crippen MR) is 105 cm³/mol. The van der Waals surface area contributed by atoms with Crippen molar-refractivity contribution < 1.29 is 23.4 Å². The van der Waals surface area contributed by atoms with E-state index in [2.05, 4.69) is 4.90 Å². The number of likely N-dealkylation sites (tertiary alicyclic amines) is 1. The summed E-state index contributed by atoms with van der Waals surface area (Å²) >= 11 is 0. The van der Waals surface area contributed by atoms with Gasteiger partial charge in [0.2, 0.25) is 0 Å². The molecule has 1 unspecified atom stereocenters. The van der Waals surface area contributed by atoms with Crippen LogP contribution in [0, 0.1) is 11.8 Å². The molecule has 2 aromatic rings. The van der Waals surface area contributed by atoms with Crippen LogP contribution in [0.5, 0.6) is 5.75 Å². The number of benzene rings is 2. The summed E-state index contributed by atoms with van der Waals surface area (Å²) in [5.41, 5.74) is 0.474. The van der Waals surface area contributed by atoms with Gasteiger partial charge in [-0.1, -0.05) is 24.3 Å². The molecule has 0 amide bonds. The summed E-state index contributed by atoms with van der Waals surface area (Å²) in [6, 6.07) is 12.5. The van der Waals surface area contributed by atoms with E-state index in [0.717, 1.165) is 43.8 Å². The van der Waals surface area contributed by atoms with E-state index in [1.54, 1.807) is 12.1 Å². The highest BCUT2D eigenvalue weighted by Gasteiger charge is 2.47. The van der Waals surface area contributed by atoms with E-state index in [1.165, 1.54) is 17.7 Å². The minimum absolute atomic E-state index is 0.275. The third-order valence-electron chi connectivity index (χ3n) is 6.40. The van der Waals surface area contributed by atoms with E-state index in [1.807, 2.05) is 12.1 Å². The maximum Gasteiger partial charge on any atom is 0.416 e. The van der Waals surface area contributed by atoms with Gasteiger partial charge in [-0.3, -0.25) is 0 Å². The Bertz CT molecular complexity index is 819. The van der Waals surface area contributed by atoms with Gasteiger partial charge in [0.15, 0.2) is 0 Å². The number of nitrogens with zero attached hydrogens (tertiary/aromatic N) is 1. The van der Waals surface area contributed by atoms with Crippen molar-refractivity contribution in [2.24, 2.45) is 11.8 Å². The summed E-state index contributed by atoms with van der Waals surface area (Å²) in [4.78, 5) is 2.43. The van der Waals surface area contributed by atoms with E-state index in [9.17, 15) is 23.4 Å². The summed E-state index contributed by atoms with van der Waals surface area (Å²) in [6.45, 7) is 2.87. The number of fused-ring (bicyclic) bond motifs is 1. The number of halogens is 3. The molecule has 2 N–H and O–H groups in total. The zero-order valence-corrected chi connectivity index (χ0v) is 16.2. The van der Waals surface area contributed by atoms with E-state index in [0.29, 0.717) is 31.1 Å². The van der Waals surface area contributed by atoms with Gasteiger partial charge in [-0.2, -0.15) is 13.2 Å². The minimum Gasteiger partial charge on any atom is -0.508 e. The van der Waals surface area contributed by atoms with E-state index >= 15 is 0 Å². The van der Waals surface area contributed by atoms with E-state index in [4.69, 9.17) is 0 Å². The fourth-order valence-corrected chi connectivity index (χ4v) is 5.03. The molecular weight excluding hydrogens is 379 g/mol. The second-order valence-electron chi connectivity index (χ2n) is 8.70. The van der Waals surface area contributed by atoms with Crippen molar-refractivity contribution >= 4 is 0 Å². The van der Waals surface area contributed by atoms with E-state index < -0.39 is 17.3 Å². The second-order valence-corrected chi connectivity index (χ2v) is 8.70. The maximum absolute atomic E-state index is 12.7. The topological polar surface area (TPSA) is 43.7 Å². The molecule has 4 rings (SSSR count). The monoisotopic (exact) mass is 405 g/mol. The first kappa shape index (κ1) is 20.2. The van der Waals surface area contributed by atoms with Gasteiger partial charge in [0.1, 0.15) is 5.75 Å². The number of alkyl halides is 3. The highest BCUT2D eigenvalue weighted by molar-refractivity contribution is 5.27. The Morgan fingerprint density at radius 3 is 2.00 bits per heavy atom.